The van der Waals surface area contributed by atoms with Crippen LogP contribution >= 0.6 is 11.3 Å². The standard InChI is InChI=1S/C17H17N3O2S/c1-2-22-17-19-13-7-8-20(10-15(13)23-17)16(21)14-9-11-5-3-4-6-12(11)18-14/h3-6,9,18H,2,7-8,10H2,1H3. The highest BCUT2D eigenvalue weighted by Gasteiger charge is 2.26. The molecule has 118 valence electrons. The highest BCUT2D eigenvalue weighted by Crippen LogP contribution is 2.30. The number of aromatic amines is 1. The van der Waals surface area contributed by atoms with Crippen LogP contribution in [0.5, 0.6) is 5.19 Å². The molecule has 0 unspecified atom stereocenters. The van der Waals surface area contributed by atoms with Crippen molar-refractivity contribution in [2.75, 3.05) is 13.2 Å². The van der Waals surface area contributed by atoms with E-state index in [1.807, 2.05) is 42.2 Å². The first-order chi connectivity index (χ1) is 11.2. The number of carbonyl (C=O) groups is 1. The molecule has 1 aromatic carbocycles. The number of carbonyl (C=O) groups excluding carboxylic acids is 1. The Morgan fingerprint density at radius 1 is 1.43 bits per heavy atom. The molecule has 0 bridgehead atoms. The zero-order valence-corrected chi connectivity index (χ0v) is 13.7. The summed E-state index contributed by atoms with van der Waals surface area (Å²) in [6.07, 6.45) is 0.783. The van der Waals surface area contributed by atoms with E-state index < -0.39 is 0 Å². The van der Waals surface area contributed by atoms with E-state index in [1.165, 1.54) is 0 Å². The van der Waals surface area contributed by atoms with Gasteiger partial charge < -0.3 is 14.6 Å². The van der Waals surface area contributed by atoms with E-state index >= 15 is 0 Å². The van der Waals surface area contributed by atoms with Crippen LogP contribution in [0.15, 0.2) is 30.3 Å². The number of nitrogens with one attached hydrogen (secondary N) is 1. The highest BCUT2D eigenvalue weighted by atomic mass is 32.1. The van der Waals surface area contributed by atoms with Gasteiger partial charge in [-0.25, -0.2) is 4.98 Å². The number of nitrogens with zero attached hydrogens (tertiary/aromatic N) is 2. The van der Waals surface area contributed by atoms with Crippen LogP contribution in [0.4, 0.5) is 0 Å². The smallest absolute Gasteiger partial charge is 0.273 e. The molecule has 0 fully saturated rings. The van der Waals surface area contributed by atoms with Gasteiger partial charge in [0, 0.05) is 23.9 Å². The minimum atomic E-state index is 0.0400. The molecule has 5 nitrogen and oxygen atoms in total. The van der Waals surface area contributed by atoms with E-state index in [4.69, 9.17) is 4.74 Å². The van der Waals surface area contributed by atoms with Gasteiger partial charge in [-0.1, -0.05) is 29.5 Å². The predicted octanol–water partition coefficient (Wildman–Crippen LogP) is 3.22. The number of thiazole rings is 1. The van der Waals surface area contributed by atoms with Gasteiger partial charge in [0.15, 0.2) is 0 Å². The van der Waals surface area contributed by atoms with Crippen molar-refractivity contribution >= 4 is 28.1 Å². The Bertz CT molecular complexity index is 835. The first-order valence-electron chi connectivity index (χ1n) is 7.73. The zero-order valence-electron chi connectivity index (χ0n) is 12.8. The highest BCUT2D eigenvalue weighted by molar-refractivity contribution is 7.13. The summed E-state index contributed by atoms with van der Waals surface area (Å²) >= 11 is 1.54. The molecule has 1 N–H and O–H groups in total. The maximum Gasteiger partial charge on any atom is 0.273 e. The number of amides is 1. The molecule has 3 aromatic rings. The molecule has 6 heteroatoms. The average molecular weight is 327 g/mol. The quantitative estimate of drug-likeness (QED) is 0.803. The summed E-state index contributed by atoms with van der Waals surface area (Å²) in [6, 6.07) is 9.86. The molecule has 1 aliphatic heterocycles. The molecule has 0 atom stereocenters. The molecule has 4 rings (SSSR count). The minimum Gasteiger partial charge on any atom is -0.470 e. The Hall–Kier alpha value is -2.34. The number of H-pyrrole nitrogens is 1. The largest absolute Gasteiger partial charge is 0.470 e. The molecule has 0 aliphatic carbocycles. The van der Waals surface area contributed by atoms with E-state index in [9.17, 15) is 4.79 Å². The van der Waals surface area contributed by atoms with Gasteiger partial charge >= 0.3 is 0 Å². The monoisotopic (exact) mass is 327 g/mol. The molecular weight excluding hydrogens is 310 g/mol. The second-order valence-corrected chi connectivity index (χ2v) is 6.58. The summed E-state index contributed by atoms with van der Waals surface area (Å²) in [7, 11) is 0. The molecule has 0 saturated heterocycles. The van der Waals surface area contributed by atoms with Gasteiger partial charge in [0.1, 0.15) is 5.69 Å². The molecule has 2 aromatic heterocycles. The van der Waals surface area contributed by atoms with E-state index in [2.05, 4.69) is 9.97 Å². The summed E-state index contributed by atoms with van der Waals surface area (Å²) in [5.41, 5.74) is 2.70. The van der Waals surface area contributed by atoms with Gasteiger partial charge in [-0.15, -0.1) is 0 Å². The lowest BCUT2D eigenvalue weighted by Crippen LogP contribution is -2.35. The molecule has 0 spiro atoms. The summed E-state index contributed by atoms with van der Waals surface area (Å²) in [4.78, 5) is 23.5. The maximum atomic E-state index is 12.8. The number of rotatable bonds is 3. The maximum absolute atomic E-state index is 12.8. The van der Waals surface area contributed by atoms with Crippen molar-refractivity contribution in [2.45, 2.75) is 19.9 Å². The zero-order chi connectivity index (χ0) is 15.8. The van der Waals surface area contributed by atoms with Crippen molar-refractivity contribution in [3.63, 3.8) is 0 Å². The normalized spacial score (nSPS) is 14.0. The molecular formula is C17H17N3O2S. The van der Waals surface area contributed by atoms with Crippen LogP contribution < -0.4 is 4.74 Å². The fraction of sp³-hybridized carbons (Fsp3) is 0.294. The van der Waals surface area contributed by atoms with Gasteiger partial charge in [-0.05, 0) is 19.1 Å². The van der Waals surface area contributed by atoms with Crippen LogP contribution in [-0.2, 0) is 13.0 Å². The predicted molar refractivity (Wildman–Crippen MR) is 90.0 cm³/mol. The van der Waals surface area contributed by atoms with Crippen LogP contribution in [0.25, 0.3) is 10.9 Å². The van der Waals surface area contributed by atoms with Gasteiger partial charge in [0.05, 0.1) is 23.7 Å². The third-order valence-corrected chi connectivity index (χ3v) is 5.02. The molecule has 23 heavy (non-hydrogen) atoms. The van der Waals surface area contributed by atoms with Crippen molar-refractivity contribution in [3.8, 4) is 5.19 Å². The first-order valence-corrected chi connectivity index (χ1v) is 8.54. The van der Waals surface area contributed by atoms with Crippen LogP contribution in [0.3, 0.4) is 0 Å². The topological polar surface area (TPSA) is 58.2 Å². The Balaban J connectivity index is 1.57. The number of benzene rings is 1. The second kappa shape index (κ2) is 5.70. The minimum absolute atomic E-state index is 0.0400. The third-order valence-electron chi connectivity index (χ3n) is 4.03. The van der Waals surface area contributed by atoms with Crippen molar-refractivity contribution in [1.82, 2.24) is 14.9 Å². The molecule has 0 radical (unpaired) electrons. The Morgan fingerprint density at radius 3 is 3.13 bits per heavy atom. The van der Waals surface area contributed by atoms with E-state index in [0.29, 0.717) is 30.6 Å². The van der Waals surface area contributed by atoms with Gasteiger partial charge in [-0.3, -0.25) is 4.79 Å². The fourth-order valence-corrected chi connectivity index (χ4v) is 3.92. The van der Waals surface area contributed by atoms with Crippen LogP contribution in [0.1, 0.15) is 28.0 Å². The molecule has 0 saturated carbocycles. The van der Waals surface area contributed by atoms with Gasteiger partial charge in [0.2, 0.25) is 0 Å². The van der Waals surface area contributed by atoms with Crippen LogP contribution in [-0.4, -0.2) is 33.9 Å². The molecule has 1 aliphatic rings. The van der Waals surface area contributed by atoms with Crippen molar-refractivity contribution in [3.05, 3.63) is 46.6 Å². The van der Waals surface area contributed by atoms with Gasteiger partial charge in [0.25, 0.3) is 11.1 Å². The Labute approximate surface area is 137 Å². The summed E-state index contributed by atoms with van der Waals surface area (Å²) in [5, 5.41) is 1.77. The van der Waals surface area contributed by atoms with E-state index in [-0.39, 0.29) is 5.91 Å². The summed E-state index contributed by atoms with van der Waals surface area (Å²) in [6.45, 7) is 3.86. The lowest BCUT2D eigenvalue weighted by molar-refractivity contribution is 0.0731. The molecule has 3 heterocycles. The number of ether oxygens (including phenoxy) is 1. The van der Waals surface area contributed by atoms with E-state index in [1.54, 1.807) is 11.3 Å². The number of hydrogen-bond acceptors (Lipinski definition) is 4. The van der Waals surface area contributed by atoms with E-state index in [0.717, 1.165) is 27.9 Å². The third kappa shape index (κ3) is 2.59. The number of para-hydroxylation sites is 1. The average Bonchev–Trinajstić information content (AvgIpc) is 3.16. The number of fused-ring (bicyclic) bond motifs is 2. The number of hydrogen-bond donors (Lipinski definition) is 1. The lowest BCUT2D eigenvalue weighted by Gasteiger charge is -2.25. The van der Waals surface area contributed by atoms with Crippen molar-refractivity contribution in [1.29, 1.82) is 0 Å². The SMILES string of the molecule is CCOc1nc2c(s1)CN(C(=O)c1cc3ccccc3[nH]1)CC2. The summed E-state index contributed by atoms with van der Waals surface area (Å²) in [5.74, 6) is 0.0400. The van der Waals surface area contributed by atoms with Crippen molar-refractivity contribution in [2.24, 2.45) is 0 Å². The first kappa shape index (κ1) is 14.3. The Kier molecular flexibility index (Phi) is 3.53. The Morgan fingerprint density at radius 2 is 2.30 bits per heavy atom. The fourth-order valence-electron chi connectivity index (χ4n) is 2.89. The van der Waals surface area contributed by atoms with Crippen LogP contribution in [0.2, 0.25) is 0 Å². The number of aromatic nitrogens is 2. The summed E-state index contributed by atoms with van der Waals surface area (Å²) < 4.78 is 5.48. The lowest BCUT2D eigenvalue weighted by atomic mass is 10.1. The van der Waals surface area contributed by atoms with Crippen molar-refractivity contribution < 1.29 is 9.53 Å². The van der Waals surface area contributed by atoms with Crippen LogP contribution in [0, 0.1) is 0 Å². The second-order valence-electron chi connectivity index (χ2n) is 5.53. The van der Waals surface area contributed by atoms with Gasteiger partial charge in [-0.2, -0.15) is 0 Å². The molecule has 1 amide bonds.